The van der Waals surface area contributed by atoms with Gasteiger partial charge in [0, 0.05) is 11.5 Å². The van der Waals surface area contributed by atoms with Crippen molar-refractivity contribution in [3.05, 3.63) is 35.4 Å². The summed E-state index contributed by atoms with van der Waals surface area (Å²) in [4.78, 5) is 11.6. The van der Waals surface area contributed by atoms with Gasteiger partial charge in [-0.15, -0.1) is 6.42 Å². The Morgan fingerprint density at radius 2 is 2.00 bits per heavy atom. The maximum absolute atomic E-state index is 11.6. The van der Waals surface area contributed by atoms with Crippen molar-refractivity contribution in [2.24, 2.45) is 5.92 Å². The molecule has 0 aliphatic heterocycles. The summed E-state index contributed by atoms with van der Waals surface area (Å²) in [5.41, 5.74) is 2.60. The zero-order valence-electron chi connectivity index (χ0n) is 12.6. The second-order valence-electron chi connectivity index (χ2n) is 5.29. The third-order valence-electron chi connectivity index (χ3n) is 3.44. The van der Waals surface area contributed by atoms with Gasteiger partial charge in [-0.25, -0.2) is 0 Å². The lowest BCUT2D eigenvalue weighted by Crippen LogP contribution is -2.88. The zero-order valence-corrected chi connectivity index (χ0v) is 12.6. The number of amides is 1. The number of nitrogens with one attached hydrogen (secondary N) is 1. The molecule has 0 unspecified atom stereocenters. The van der Waals surface area contributed by atoms with E-state index in [1.165, 1.54) is 11.1 Å². The summed E-state index contributed by atoms with van der Waals surface area (Å²) in [5.74, 6) is 2.85. The minimum Gasteiger partial charge on any atom is -0.340 e. The fourth-order valence-corrected chi connectivity index (χ4v) is 2.22. The highest BCUT2D eigenvalue weighted by molar-refractivity contribution is 5.76. The molecule has 0 fully saturated rings. The van der Waals surface area contributed by atoms with Crippen molar-refractivity contribution >= 4 is 5.91 Å². The predicted molar refractivity (Wildman–Crippen MR) is 82.0 cm³/mol. The third kappa shape index (κ3) is 5.07. The Labute approximate surface area is 122 Å². The van der Waals surface area contributed by atoms with E-state index in [4.69, 9.17) is 6.42 Å². The molecule has 3 nitrogen and oxygen atoms in total. The number of terminal acetylenes is 1. The molecule has 1 rings (SSSR count). The Morgan fingerprint density at radius 3 is 2.50 bits per heavy atom. The Kier molecular flexibility index (Phi) is 6.83. The number of aryl methyl sites for hydroxylation is 1. The fourth-order valence-electron chi connectivity index (χ4n) is 2.22. The first kappa shape index (κ1) is 16.3. The average Bonchev–Trinajstić information content (AvgIpc) is 2.45. The SMILES string of the molecule is C#CCNC(=O)C[NH2+][C@H](c1ccc(CC)cc1)C(C)C. The van der Waals surface area contributed by atoms with Crippen molar-refractivity contribution in [1.82, 2.24) is 5.32 Å². The smallest absolute Gasteiger partial charge is 0.275 e. The van der Waals surface area contributed by atoms with Crippen molar-refractivity contribution < 1.29 is 10.1 Å². The first-order valence-electron chi connectivity index (χ1n) is 7.20. The molecule has 0 aliphatic rings. The molecule has 1 amide bonds. The maximum Gasteiger partial charge on any atom is 0.275 e. The summed E-state index contributed by atoms with van der Waals surface area (Å²) in [7, 11) is 0. The molecule has 3 heteroatoms. The largest absolute Gasteiger partial charge is 0.340 e. The highest BCUT2D eigenvalue weighted by Crippen LogP contribution is 2.18. The molecule has 0 aromatic heterocycles. The highest BCUT2D eigenvalue weighted by atomic mass is 16.1. The molecule has 1 aromatic carbocycles. The zero-order chi connectivity index (χ0) is 15.0. The Morgan fingerprint density at radius 1 is 1.35 bits per heavy atom. The predicted octanol–water partition coefficient (Wildman–Crippen LogP) is 1.26. The van der Waals surface area contributed by atoms with Crippen molar-refractivity contribution in [2.45, 2.75) is 33.2 Å². The van der Waals surface area contributed by atoms with Crippen molar-refractivity contribution in [2.75, 3.05) is 13.1 Å². The molecule has 20 heavy (non-hydrogen) atoms. The van der Waals surface area contributed by atoms with Crippen LogP contribution >= 0.6 is 0 Å². The van der Waals surface area contributed by atoms with Crippen LogP contribution in [0.15, 0.2) is 24.3 Å². The van der Waals surface area contributed by atoms with Crippen LogP contribution < -0.4 is 10.6 Å². The number of nitrogens with two attached hydrogens (primary N) is 1. The van der Waals surface area contributed by atoms with Crippen LogP contribution in [0.2, 0.25) is 0 Å². The molecule has 108 valence electrons. The molecule has 0 saturated heterocycles. The van der Waals surface area contributed by atoms with Gasteiger partial charge in [0.2, 0.25) is 0 Å². The van der Waals surface area contributed by atoms with E-state index in [2.05, 4.69) is 61.6 Å². The van der Waals surface area contributed by atoms with Gasteiger partial charge in [0.1, 0.15) is 6.04 Å². The van der Waals surface area contributed by atoms with E-state index < -0.39 is 0 Å². The number of hydrogen-bond acceptors (Lipinski definition) is 1. The van der Waals surface area contributed by atoms with Gasteiger partial charge < -0.3 is 10.6 Å². The first-order valence-corrected chi connectivity index (χ1v) is 7.20. The minimum absolute atomic E-state index is 0.0150. The molecule has 0 radical (unpaired) electrons. The summed E-state index contributed by atoms with van der Waals surface area (Å²) in [6, 6.07) is 8.95. The molecule has 0 spiro atoms. The standard InChI is InChI=1S/C17H24N2O/c1-5-11-18-16(20)12-19-17(13(3)4)15-9-7-14(6-2)8-10-15/h1,7-10,13,17,19H,6,11-12H2,2-4H3,(H,18,20)/p+1/t17-/m0/s1. The molecule has 1 aromatic rings. The number of carbonyl (C=O) groups is 1. The van der Waals surface area contributed by atoms with E-state index in [1.54, 1.807) is 0 Å². The van der Waals surface area contributed by atoms with Gasteiger partial charge in [-0.1, -0.05) is 51.0 Å². The fraction of sp³-hybridized carbons (Fsp3) is 0.471. The summed E-state index contributed by atoms with van der Waals surface area (Å²) < 4.78 is 0. The molecule has 0 bridgehead atoms. The van der Waals surface area contributed by atoms with Crippen molar-refractivity contribution in [3.8, 4) is 12.3 Å². The highest BCUT2D eigenvalue weighted by Gasteiger charge is 2.20. The molecular formula is C17H25N2O+. The van der Waals surface area contributed by atoms with E-state index in [9.17, 15) is 4.79 Å². The molecule has 0 saturated carbocycles. The molecule has 0 aliphatic carbocycles. The summed E-state index contributed by atoms with van der Waals surface area (Å²) in [6.07, 6.45) is 6.17. The van der Waals surface area contributed by atoms with E-state index in [1.807, 2.05) is 0 Å². The number of quaternary nitrogens is 1. The van der Waals surface area contributed by atoms with Crippen molar-refractivity contribution in [3.63, 3.8) is 0 Å². The second-order valence-corrected chi connectivity index (χ2v) is 5.29. The monoisotopic (exact) mass is 273 g/mol. The molecule has 1 atom stereocenters. The average molecular weight is 273 g/mol. The second kappa shape index (κ2) is 8.39. The van der Waals surface area contributed by atoms with Crippen LogP contribution in [0.25, 0.3) is 0 Å². The normalized spacial score (nSPS) is 11.9. The van der Waals surface area contributed by atoms with Crippen LogP contribution in [0.4, 0.5) is 0 Å². The van der Waals surface area contributed by atoms with Gasteiger partial charge in [-0.05, 0) is 12.0 Å². The Hall–Kier alpha value is -1.79. The van der Waals surface area contributed by atoms with E-state index in [0.717, 1.165) is 6.42 Å². The maximum atomic E-state index is 11.6. The van der Waals surface area contributed by atoms with Crippen LogP contribution in [0.3, 0.4) is 0 Å². The summed E-state index contributed by atoms with van der Waals surface area (Å²) in [6.45, 7) is 7.20. The van der Waals surface area contributed by atoms with Gasteiger partial charge in [0.25, 0.3) is 5.91 Å². The summed E-state index contributed by atoms with van der Waals surface area (Å²) >= 11 is 0. The Balaban J connectivity index is 2.64. The van der Waals surface area contributed by atoms with Gasteiger partial charge in [-0.3, -0.25) is 4.79 Å². The van der Waals surface area contributed by atoms with Crippen molar-refractivity contribution in [1.29, 1.82) is 0 Å². The van der Waals surface area contributed by atoms with E-state index in [0.29, 0.717) is 19.0 Å². The molecular weight excluding hydrogens is 248 g/mol. The number of hydrogen-bond donors (Lipinski definition) is 2. The number of rotatable bonds is 7. The van der Waals surface area contributed by atoms with Gasteiger partial charge in [0.05, 0.1) is 6.54 Å². The lowest BCUT2D eigenvalue weighted by molar-refractivity contribution is -0.692. The first-order chi connectivity index (χ1) is 9.58. The lowest BCUT2D eigenvalue weighted by atomic mass is 9.95. The van der Waals surface area contributed by atoms with Gasteiger partial charge in [0.15, 0.2) is 6.54 Å². The van der Waals surface area contributed by atoms with Gasteiger partial charge in [-0.2, -0.15) is 0 Å². The van der Waals surface area contributed by atoms with Gasteiger partial charge >= 0.3 is 0 Å². The summed E-state index contributed by atoms with van der Waals surface area (Å²) in [5, 5.41) is 4.77. The topological polar surface area (TPSA) is 45.7 Å². The minimum atomic E-state index is -0.0150. The molecule has 0 heterocycles. The third-order valence-corrected chi connectivity index (χ3v) is 3.44. The van der Waals surface area contributed by atoms with Crippen LogP contribution in [-0.2, 0) is 11.2 Å². The number of carbonyl (C=O) groups excluding carboxylic acids is 1. The van der Waals surface area contributed by atoms with Crippen LogP contribution in [-0.4, -0.2) is 19.0 Å². The Bertz CT molecular complexity index is 457. The lowest BCUT2D eigenvalue weighted by Gasteiger charge is -2.19. The molecule has 3 N–H and O–H groups in total. The van der Waals surface area contributed by atoms with Crippen LogP contribution in [0.5, 0.6) is 0 Å². The van der Waals surface area contributed by atoms with Crippen LogP contribution in [0, 0.1) is 18.3 Å². The quantitative estimate of drug-likeness (QED) is 0.722. The van der Waals surface area contributed by atoms with E-state index >= 15 is 0 Å². The number of benzene rings is 1. The van der Waals surface area contributed by atoms with Crippen LogP contribution in [0.1, 0.15) is 37.9 Å². The van der Waals surface area contributed by atoms with E-state index in [-0.39, 0.29) is 11.9 Å².